The number of nitrogens with zero attached hydrogens (tertiary/aromatic N) is 2. The third-order valence-electron chi connectivity index (χ3n) is 4.76. The summed E-state index contributed by atoms with van der Waals surface area (Å²) in [5.41, 5.74) is 3.65. The summed E-state index contributed by atoms with van der Waals surface area (Å²) in [5.74, 6) is 2.31. The number of halogens is 1. The molecular weight excluding hydrogens is 268 g/mol. The van der Waals surface area contributed by atoms with Crippen molar-refractivity contribution in [3.8, 4) is 0 Å². The zero-order valence-electron chi connectivity index (χ0n) is 12.4. The normalized spacial score (nSPS) is 23.4. The highest BCUT2D eigenvalue weighted by Crippen LogP contribution is 2.39. The van der Waals surface area contributed by atoms with Gasteiger partial charge >= 0.3 is 0 Å². The van der Waals surface area contributed by atoms with Gasteiger partial charge in [0.2, 0.25) is 0 Å². The van der Waals surface area contributed by atoms with Crippen LogP contribution in [0.2, 0.25) is 0 Å². The van der Waals surface area contributed by atoms with E-state index in [1.54, 1.807) is 0 Å². The van der Waals surface area contributed by atoms with E-state index >= 15 is 0 Å². The van der Waals surface area contributed by atoms with Crippen molar-refractivity contribution in [2.75, 3.05) is 0 Å². The van der Waals surface area contributed by atoms with Crippen molar-refractivity contribution in [2.45, 2.75) is 57.9 Å². The first-order valence-corrected chi connectivity index (χ1v) is 8.31. The molecule has 0 bridgehead atoms. The van der Waals surface area contributed by atoms with E-state index < -0.39 is 0 Å². The minimum atomic E-state index is 0.501. The Kier molecular flexibility index (Phi) is 4.02. The molecule has 0 aliphatic heterocycles. The fraction of sp³-hybridized carbons (Fsp3) is 0.588. The number of alkyl halides is 1. The molecule has 108 valence electrons. The highest BCUT2D eigenvalue weighted by molar-refractivity contribution is 6.16. The Morgan fingerprint density at radius 2 is 2.10 bits per heavy atom. The van der Waals surface area contributed by atoms with E-state index in [0.717, 1.165) is 17.3 Å². The molecule has 2 atom stereocenters. The molecule has 1 fully saturated rings. The Morgan fingerprint density at radius 3 is 2.85 bits per heavy atom. The Labute approximate surface area is 126 Å². The summed E-state index contributed by atoms with van der Waals surface area (Å²) in [5, 5.41) is 0. The van der Waals surface area contributed by atoms with Crippen molar-refractivity contribution in [3.05, 3.63) is 29.6 Å². The van der Waals surface area contributed by atoms with E-state index in [-0.39, 0.29) is 0 Å². The maximum absolute atomic E-state index is 6.17. The summed E-state index contributed by atoms with van der Waals surface area (Å²) in [6, 6.07) is 7.10. The van der Waals surface area contributed by atoms with E-state index in [1.165, 1.54) is 43.2 Å². The second kappa shape index (κ2) is 5.77. The molecule has 20 heavy (non-hydrogen) atoms. The summed E-state index contributed by atoms with van der Waals surface area (Å²) in [4.78, 5) is 4.75. The quantitative estimate of drug-likeness (QED) is 0.708. The van der Waals surface area contributed by atoms with Gasteiger partial charge in [0.1, 0.15) is 5.82 Å². The van der Waals surface area contributed by atoms with Crippen LogP contribution in [-0.2, 0) is 5.88 Å². The van der Waals surface area contributed by atoms with Crippen LogP contribution in [0.15, 0.2) is 18.2 Å². The van der Waals surface area contributed by atoms with Gasteiger partial charge in [0.05, 0.1) is 16.9 Å². The molecule has 1 aromatic heterocycles. The molecule has 0 spiro atoms. The van der Waals surface area contributed by atoms with Crippen LogP contribution in [0.4, 0.5) is 0 Å². The van der Waals surface area contributed by atoms with E-state index in [9.17, 15) is 0 Å². The van der Waals surface area contributed by atoms with Crippen LogP contribution in [-0.4, -0.2) is 9.55 Å². The lowest BCUT2D eigenvalue weighted by atomic mass is 9.82. The molecule has 0 N–H and O–H groups in total. The number of fused-ring (bicyclic) bond motifs is 1. The Bertz CT molecular complexity index is 602. The lowest BCUT2D eigenvalue weighted by molar-refractivity contribution is 0.234. The monoisotopic (exact) mass is 290 g/mol. The predicted molar refractivity (Wildman–Crippen MR) is 85.3 cm³/mol. The van der Waals surface area contributed by atoms with Crippen molar-refractivity contribution >= 4 is 22.6 Å². The Balaban J connectivity index is 2.14. The second-order valence-electron chi connectivity index (χ2n) is 6.04. The molecule has 3 rings (SSSR count). The summed E-state index contributed by atoms with van der Waals surface area (Å²) >= 11 is 6.17. The molecule has 2 nitrogen and oxygen atoms in total. The lowest BCUT2D eigenvalue weighted by Crippen LogP contribution is -2.24. The summed E-state index contributed by atoms with van der Waals surface area (Å²) in [7, 11) is 0. The van der Waals surface area contributed by atoms with Gasteiger partial charge in [-0.05, 0) is 43.4 Å². The van der Waals surface area contributed by atoms with Gasteiger partial charge in [0.15, 0.2) is 0 Å². The molecule has 2 unspecified atom stereocenters. The summed E-state index contributed by atoms with van der Waals surface area (Å²) in [6.07, 6.45) is 6.55. The molecule has 0 radical (unpaired) electrons. The van der Waals surface area contributed by atoms with Crippen LogP contribution in [0, 0.1) is 12.8 Å². The van der Waals surface area contributed by atoms with E-state index in [2.05, 4.69) is 36.6 Å². The minimum Gasteiger partial charge on any atom is -0.324 e. The molecular formula is C17H23ClN2. The van der Waals surface area contributed by atoms with E-state index in [1.807, 2.05) is 0 Å². The van der Waals surface area contributed by atoms with Gasteiger partial charge in [-0.3, -0.25) is 0 Å². The van der Waals surface area contributed by atoms with Crippen LogP contribution in [0.3, 0.4) is 0 Å². The smallest absolute Gasteiger partial charge is 0.125 e. The van der Waals surface area contributed by atoms with E-state index in [0.29, 0.717) is 11.9 Å². The van der Waals surface area contributed by atoms with Crippen molar-refractivity contribution in [3.63, 3.8) is 0 Å². The molecule has 0 amide bonds. The minimum absolute atomic E-state index is 0.501. The van der Waals surface area contributed by atoms with Crippen LogP contribution in [0.1, 0.15) is 56.5 Å². The number of rotatable bonds is 3. The topological polar surface area (TPSA) is 17.8 Å². The van der Waals surface area contributed by atoms with Crippen LogP contribution >= 0.6 is 11.6 Å². The molecule has 1 heterocycles. The maximum atomic E-state index is 6.17. The number of imidazole rings is 1. The molecule has 2 aromatic rings. The van der Waals surface area contributed by atoms with Crippen LogP contribution < -0.4 is 0 Å². The molecule has 0 saturated heterocycles. The third-order valence-corrected chi connectivity index (χ3v) is 5.00. The number of aromatic nitrogens is 2. The Morgan fingerprint density at radius 1 is 1.30 bits per heavy atom. The average Bonchev–Trinajstić information content (AvgIpc) is 2.84. The zero-order chi connectivity index (χ0) is 14.1. The molecule has 3 heteroatoms. The van der Waals surface area contributed by atoms with Crippen LogP contribution in [0.25, 0.3) is 11.0 Å². The average molecular weight is 291 g/mol. The predicted octanol–water partition coefficient (Wildman–Crippen LogP) is 5.22. The van der Waals surface area contributed by atoms with Crippen molar-refractivity contribution < 1.29 is 0 Å². The van der Waals surface area contributed by atoms with Gasteiger partial charge in [0, 0.05) is 6.04 Å². The standard InChI is InChI=1S/C17H23ClN2/c1-3-13-6-4-5-7-15(13)20-16-10-12(2)8-9-14(16)19-17(20)11-18/h8-10,13,15H,3-7,11H2,1-2H3. The lowest BCUT2D eigenvalue weighted by Gasteiger charge is -2.33. The maximum Gasteiger partial charge on any atom is 0.125 e. The highest BCUT2D eigenvalue weighted by atomic mass is 35.5. The summed E-state index contributed by atoms with van der Waals surface area (Å²) < 4.78 is 2.45. The Hall–Kier alpha value is -1.02. The first kappa shape index (κ1) is 13.9. The van der Waals surface area contributed by atoms with Crippen molar-refractivity contribution in [1.29, 1.82) is 0 Å². The van der Waals surface area contributed by atoms with Gasteiger partial charge in [0.25, 0.3) is 0 Å². The van der Waals surface area contributed by atoms with Crippen molar-refractivity contribution in [2.24, 2.45) is 5.92 Å². The number of hydrogen-bond acceptors (Lipinski definition) is 1. The van der Waals surface area contributed by atoms with Gasteiger partial charge in [-0.1, -0.05) is 32.3 Å². The largest absolute Gasteiger partial charge is 0.324 e. The van der Waals surface area contributed by atoms with Gasteiger partial charge < -0.3 is 4.57 Å². The van der Waals surface area contributed by atoms with Gasteiger partial charge in [-0.25, -0.2) is 4.98 Å². The fourth-order valence-electron chi connectivity index (χ4n) is 3.72. The van der Waals surface area contributed by atoms with Gasteiger partial charge in [-0.2, -0.15) is 0 Å². The van der Waals surface area contributed by atoms with E-state index in [4.69, 9.17) is 16.6 Å². The van der Waals surface area contributed by atoms with Crippen LogP contribution in [0.5, 0.6) is 0 Å². The first-order valence-electron chi connectivity index (χ1n) is 7.78. The third kappa shape index (κ3) is 2.35. The first-order chi connectivity index (χ1) is 9.74. The number of hydrogen-bond donors (Lipinski definition) is 0. The summed E-state index contributed by atoms with van der Waals surface area (Å²) in [6.45, 7) is 4.46. The fourth-order valence-corrected chi connectivity index (χ4v) is 3.91. The second-order valence-corrected chi connectivity index (χ2v) is 6.31. The number of benzene rings is 1. The number of aryl methyl sites for hydroxylation is 1. The SMILES string of the molecule is CCC1CCCCC1n1c(CCl)nc2ccc(C)cc21. The van der Waals surface area contributed by atoms with Crippen molar-refractivity contribution in [1.82, 2.24) is 9.55 Å². The zero-order valence-corrected chi connectivity index (χ0v) is 13.2. The molecule has 1 saturated carbocycles. The molecule has 1 aliphatic rings. The highest BCUT2D eigenvalue weighted by Gasteiger charge is 2.28. The van der Waals surface area contributed by atoms with Gasteiger partial charge in [-0.15, -0.1) is 11.6 Å². The molecule has 1 aliphatic carbocycles. The molecule has 1 aromatic carbocycles.